The Labute approximate surface area is 184 Å². The molecule has 1 aromatic heterocycles. The molecule has 1 amide bonds. The van der Waals surface area contributed by atoms with Crippen molar-refractivity contribution < 1.29 is 13.2 Å². The molecule has 1 heterocycles. The number of benzene rings is 3. The Bertz CT molecular complexity index is 1300. The summed E-state index contributed by atoms with van der Waals surface area (Å²) < 4.78 is 27.5. The first-order valence-electron chi connectivity index (χ1n) is 9.43. The minimum Gasteiger partial charge on any atom is -0.321 e. The molecule has 0 spiro atoms. The van der Waals surface area contributed by atoms with Crippen LogP contribution in [-0.4, -0.2) is 19.3 Å². The van der Waals surface area contributed by atoms with Crippen LogP contribution in [0.4, 0.5) is 11.4 Å². The number of sulfonamides is 1. The van der Waals surface area contributed by atoms with Crippen LogP contribution in [0.3, 0.4) is 0 Å². The second kappa shape index (κ2) is 8.71. The Morgan fingerprint density at radius 3 is 2.19 bits per heavy atom. The summed E-state index contributed by atoms with van der Waals surface area (Å²) in [7, 11) is -3.68. The first kappa shape index (κ1) is 20.8. The van der Waals surface area contributed by atoms with Gasteiger partial charge < -0.3 is 5.32 Å². The molecule has 4 aromatic rings. The number of rotatable bonds is 6. The first-order chi connectivity index (χ1) is 14.9. The highest BCUT2D eigenvalue weighted by atomic mass is 32.2. The van der Waals surface area contributed by atoms with Gasteiger partial charge >= 0.3 is 0 Å². The molecule has 0 bridgehead atoms. The summed E-state index contributed by atoms with van der Waals surface area (Å²) in [6.07, 6.45) is 1.55. The molecule has 0 atom stereocenters. The molecule has 0 fully saturated rings. The highest BCUT2D eigenvalue weighted by Gasteiger charge is 2.15. The summed E-state index contributed by atoms with van der Waals surface area (Å²) in [4.78, 5) is 17.5. The highest BCUT2D eigenvalue weighted by molar-refractivity contribution is 7.92. The summed E-state index contributed by atoms with van der Waals surface area (Å²) in [5, 5.41) is 3.58. The zero-order valence-electron chi connectivity index (χ0n) is 16.6. The lowest BCUT2D eigenvalue weighted by molar-refractivity contribution is 0.103. The van der Waals surface area contributed by atoms with Gasteiger partial charge in [0, 0.05) is 16.9 Å². The van der Waals surface area contributed by atoms with Crippen molar-refractivity contribution >= 4 is 38.6 Å². The fraction of sp³-hybridized carbons (Fsp3) is 0.0435. The van der Waals surface area contributed by atoms with Gasteiger partial charge in [-0.25, -0.2) is 13.4 Å². The zero-order valence-corrected chi connectivity index (χ0v) is 18.2. The van der Waals surface area contributed by atoms with Crippen LogP contribution in [0.1, 0.15) is 15.2 Å². The third kappa shape index (κ3) is 4.99. The smallest absolute Gasteiger partial charge is 0.267 e. The summed E-state index contributed by atoms with van der Waals surface area (Å²) in [5.74, 6) is -0.271. The second-order valence-electron chi connectivity index (χ2n) is 6.85. The molecule has 0 aliphatic carbocycles. The van der Waals surface area contributed by atoms with Crippen LogP contribution in [0.25, 0.3) is 10.6 Å². The lowest BCUT2D eigenvalue weighted by Crippen LogP contribution is -2.13. The van der Waals surface area contributed by atoms with Gasteiger partial charge in [-0.05, 0) is 43.3 Å². The third-order valence-electron chi connectivity index (χ3n) is 4.48. The molecule has 156 valence electrons. The van der Waals surface area contributed by atoms with Crippen LogP contribution in [0.5, 0.6) is 0 Å². The quantitative estimate of drug-likeness (QED) is 0.425. The van der Waals surface area contributed by atoms with Crippen molar-refractivity contribution in [3.63, 3.8) is 0 Å². The van der Waals surface area contributed by atoms with Crippen molar-refractivity contribution in [3.8, 4) is 10.6 Å². The predicted octanol–water partition coefficient (Wildman–Crippen LogP) is 5.17. The maximum atomic E-state index is 12.5. The molecule has 0 unspecified atom stereocenters. The lowest BCUT2D eigenvalue weighted by atomic mass is 10.2. The number of nitrogens with zero attached hydrogens (tertiary/aromatic N) is 1. The van der Waals surface area contributed by atoms with E-state index < -0.39 is 10.0 Å². The van der Waals surface area contributed by atoms with E-state index in [4.69, 9.17) is 0 Å². The molecule has 8 heteroatoms. The monoisotopic (exact) mass is 449 g/mol. The van der Waals surface area contributed by atoms with Gasteiger partial charge in [0.2, 0.25) is 0 Å². The maximum Gasteiger partial charge on any atom is 0.267 e. The van der Waals surface area contributed by atoms with Crippen LogP contribution in [0.2, 0.25) is 0 Å². The molecule has 0 radical (unpaired) electrons. The van der Waals surface area contributed by atoms with Crippen molar-refractivity contribution in [1.82, 2.24) is 4.98 Å². The Hall–Kier alpha value is -3.49. The molecule has 3 aromatic carbocycles. The largest absolute Gasteiger partial charge is 0.321 e. The molecule has 0 saturated carbocycles. The van der Waals surface area contributed by atoms with E-state index in [1.165, 1.54) is 11.3 Å². The van der Waals surface area contributed by atoms with Crippen LogP contribution in [-0.2, 0) is 10.0 Å². The van der Waals surface area contributed by atoms with E-state index in [2.05, 4.69) is 15.0 Å². The first-order valence-corrected chi connectivity index (χ1v) is 11.7. The number of thiazole rings is 1. The lowest BCUT2D eigenvalue weighted by Gasteiger charge is -2.09. The van der Waals surface area contributed by atoms with Gasteiger partial charge in [-0.3, -0.25) is 9.52 Å². The molecule has 4 rings (SSSR count). The SMILES string of the molecule is Cc1ccc(S(=O)(=O)Nc2ccc(NC(=O)c3cnc(-c4ccccc4)s3)cc2)cc1. The van der Waals surface area contributed by atoms with E-state index in [0.717, 1.165) is 16.1 Å². The molecule has 6 nitrogen and oxygen atoms in total. The van der Waals surface area contributed by atoms with E-state index in [-0.39, 0.29) is 10.8 Å². The summed E-state index contributed by atoms with van der Waals surface area (Å²) in [6.45, 7) is 1.89. The van der Waals surface area contributed by atoms with E-state index in [1.807, 2.05) is 37.3 Å². The van der Waals surface area contributed by atoms with Gasteiger partial charge in [0.15, 0.2) is 0 Å². The molecular weight excluding hydrogens is 430 g/mol. The Kier molecular flexibility index (Phi) is 5.83. The number of amides is 1. The predicted molar refractivity (Wildman–Crippen MR) is 124 cm³/mol. The van der Waals surface area contributed by atoms with E-state index in [1.54, 1.807) is 54.7 Å². The van der Waals surface area contributed by atoms with Crippen molar-refractivity contribution in [1.29, 1.82) is 0 Å². The number of hydrogen-bond acceptors (Lipinski definition) is 5. The maximum absolute atomic E-state index is 12.5. The number of carbonyl (C=O) groups is 1. The number of carbonyl (C=O) groups excluding carboxylic acids is 1. The van der Waals surface area contributed by atoms with E-state index in [0.29, 0.717) is 16.3 Å². The Balaban J connectivity index is 1.42. The Morgan fingerprint density at radius 1 is 0.871 bits per heavy atom. The molecule has 0 saturated heterocycles. The minimum atomic E-state index is -3.68. The van der Waals surface area contributed by atoms with Crippen molar-refractivity contribution in [2.24, 2.45) is 0 Å². The van der Waals surface area contributed by atoms with Gasteiger partial charge in [-0.2, -0.15) is 0 Å². The fourth-order valence-electron chi connectivity index (χ4n) is 2.84. The second-order valence-corrected chi connectivity index (χ2v) is 9.56. The van der Waals surface area contributed by atoms with Crippen molar-refractivity contribution in [2.75, 3.05) is 10.0 Å². The molecular formula is C23H19N3O3S2. The highest BCUT2D eigenvalue weighted by Crippen LogP contribution is 2.26. The average Bonchev–Trinajstić information content (AvgIpc) is 3.26. The van der Waals surface area contributed by atoms with Crippen molar-refractivity contribution in [3.05, 3.63) is 95.5 Å². The van der Waals surface area contributed by atoms with Crippen LogP contribution >= 0.6 is 11.3 Å². The molecule has 2 N–H and O–H groups in total. The van der Waals surface area contributed by atoms with Crippen molar-refractivity contribution in [2.45, 2.75) is 11.8 Å². The topological polar surface area (TPSA) is 88.2 Å². The van der Waals surface area contributed by atoms with Gasteiger partial charge in [0.05, 0.1) is 11.1 Å². The van der Waals surface area contributed by atoms with Gasteiger partial charge in [0.1, 0.15) is 9.88 Å². The van der Waals surface area contributed by atoms with Crippen LogP contribution in [0.15, 0.2) is 90.0 Å². The van der Waals surface area contributed by atoms with Crippen LogP contribution < -0.4 is 10.0 Å². The zero-order chi connectivity index (χ0) is 21.8. The number of anilines is 2. The van der Waals surface area contributed by atoms with E-state index in [9.17, 15) is 13.2 Å². The number of nitrogens with one attached hydrogen (secondary N) is 2. The fourth-order valence-corrected chi connectivity index (χ4v) is 4.71. The normalized spacial score (nSPS) is 11.1. The molecule has 31 heavy (non-hydrogen) atoms. The van der Waals surface area contributed by atoms with Gasteiger partial charge in [0.25, 0.3) is 15.9 Å². The van der Waals surface area contributed by atoms with Gasteiger partial charge in [-0.15, -0.1) is 11.3 Å². The summed E-state index contributed by atoms with van der Waals surface area (Å²) in [6, 6.07) is 22.8. The average molecular weight is 450 g/mol. The minimum absolute atomic E-state index is 0.190. The standard InChI is InChI=1S/C23H19N3O3S2/c1-16-7-13-20(14-8-16)31(28,29)26-19-11-9-18(10-12-19)25-22(27)21-15-24-23(30-21)17-5-3-2-4-6-17/h2-15,26H,1H3,(H,25,27). The number of aromatic nitrogens is 1. The Morgan fingerprint density at radius 2 is 1.52 bits per heavy atom. The third-order valence-corrected chi connectivity index (χ3v) is 6.92. The number of aryl methyl sites for hydroxylation is 1. The summed E-state index contributed by atoms with van der Waals surface area (Å²) in [5.41, 5.74) is 2.90. The molecule has 0 aliphatic rings. The van der Waals surface area contributed by atoms with E-state index >= 15 is 0 Å². The number of hydrogen-bond donors (Lipinski definition) is 2. The molecule has 0 aliphatic heterocycles. The van der Waals surface area contributed by atoms with Gasteiger partial charge in [-0.1, -0.05) is 48.0 Å². The van der Waals surface area contributed by atoms with Crippen LogP contribution in [0, 0.1) is 6.92 Å². The summed E-state index contributed by atoms with van der Waals surface area (Å²) >= 11 is 1.31.